The molecule has 1 aliphatic rings. The molecule has 0 bridgehead atoms. The van der Waals surface area contributed by atoms with Gasteiger partial charge in [-0.3, -0.25) is 4.90 Å². The van der Waals surface area contributed by atoms with Crippen LogP contribution in [0.5, 0.6) is 5.75 Å². The minimum Gasteiger partial charge on any atom is -0.489 e. The Morgan fingerprint density at radius 2 is 1.88 bits per heavy atom. The second-order valence-corrected chi connectivity index (χ2v) is 6.50. The second-order valence-electron chi connectivity index (χ2n) is 6.50. The summed E-state index contributed by atoms with van der Waals surface area (Å²) in [5.41, 5.74) is 3.71. The number of aromatic nitrogens is 1. The summed E-state index contributed by atoms with van der Waals surface area (Å²) in [5.74, 6) is 0.920. The average Bonchev–Trinajstić information content (AvgIpc) is 3.09. The Morgan fingerprint density at radius 1 is 1.04 bits per heavy atom. The molecule has 130 valence electrons. The zero-order valence-corrected chi connectivity index (χ0v) is 14.4. The van der Waals surface area contributed by atoms with Crippen LogP contribution in [0.15, 0.2) is 54.7 Å². The Kier molecular flexibility index (Phi) is 5.00. The van der Waals surface area contributed by atoms with Gasteiger partial charge in [-0.2, -0.15) is 0 Å². The third kappa shape index (κ3) is 4.03. The molecule has 1 aromatic heterocycles. The molecule has 0 radical (unpaired) electrons. The molecule has 4 rings (SSSR count). The summed E-state index contributed by atoms with van der Waals surface area (Å²) in [6, 6.07) is 16.6. The first-order valence-electron chi connectivity index (χ1n) is 8.95. The number of hydrogen-bond acceptors (Lipinski definition) is 3. The zero-order chi connectivity index (χ0) is 16.9. The van der Waals surface area contributed by atoms with Gasteiger partial charge in [-0.15, -0.1) is 0 Å². The molecule has 0 amide bonds. The van der Waals surface area contributed by atoms with Crippen LogP contribution in [-0.4, -0.2) is 42.7 Å². The normalized spacial score (nSPS) is 15.5. The number of hydrogen-bond donors (Lipinski definition) is 1. The van der Waals surface area contributed by atoms with Crippen LogP contribution in [0.3, 0.4) is 0 Å². The van der Waals surface area contributed by atoms with Crippen LogP contribution in [0.1, 0.15) is 11.1 Å². The molecule has 1 saturated heterocycles. The number of nitrogens with zero attached hydrogens (tertiary/aromatic N) is 1. The van der Waals surface area contributed by atoms with Crippen molar-refractivity contribution in [1.29, 1.82) is 0 Å². The summed E-state index contributed by atoms with van der Waals surface area (Å²) < 4.78 is 11.4. The molecule has 1 aliphatic heterocycles. The first kappa shape index (κ1) is 16.2. The molecule has 1 fully saturated rings. The van der Waals surface area contributed by atoms with Crippen LogP contribution in [0, 0.1) is 0 Å². The van der Waals surface area contributed by atoms with E-state index in [0.717, 1.165) is 45.0 Å². The number of nitrogens with one attached hydrogen (secondary N) is 1. The van der Waals surface area contributed by atoms with E-state index in [1.807, 2.05) is 24.3 Å². The van der Waals surface area contributed by atoms with E-state index < -0.39 is 0 Å². The number of ether oxygens (including phenoxy) is 2. The van der Waals surface area contributed by atoms with Gasteiger partial charge >= 0.3 is 0 Å². The molecule has 3 aromatic rings. The predicted octanol–water partition coefficient (Wildman–Crippen LogP) is 3.62. The van der Waals surface area contributed by atoms with Crippen molar-refractivity contribution in [1.82, 2.24) is 9.88 Å². The van der Waals surface area contributed by atoms with Gasteiger partial charge in [-0.05, 0) is 35.7 Å². The van der Waals surface area contributed by atoms with Crippen molar-refractivity contribution in [3.63, 3.8) is 0 Å². The van der Waals surface area contributed by atoms with E-state index in [4.69, 9.17) is 9.47 Å². The summed E-state index contributed by atoms with van der Waals surface area (Å²) in [6.45, 7) is 5.45. The van der Waals surface area contributed by atoms with Crippen molar-refractivity contribution >= 4 is 10.9 Å². The monoisotopic (exact) mass is 336 g/mol. The lowest BCUT2D eigenvalue weighted by molar-refractivity contribution is 0.0385. The van der Waals surface area contributed by atoms with Crippen LogP contribution >= 0.6 is 0 Å². The second kappa shape index (κ2) is 7.72. The maximum atomic E-state index is 5.98. The van der Waals surface area contributed by atoms with Crippen LogP contribution in [0.4, 0.5) is 0 Å². The third-order valence-corrected chi connectivity index (χ3v) is 4.79. The van der Waals surface area contributed by atoms with E-state index in [2.05, 4.69) is 40.3 Å². The van der Waals surface area contributed by atoms with Gasteiger partial charge in [0.2, 0.25) is 0 Å². The fourth-order valence-electron chi connectivity index (χ4n) is 3.30. The van der Waals surface area contributed by atoms with E-state index in [0.29, 0.717) is 6.61 Å². The first-order chi connectivity index (χ1) is 12.4. The smallest absolute Gasteiger partial charge is 0.120 e. The Hall–Kier alpha value is -2.30. The molecule has 0 spiro atoms. The van der Waals surface area contributed by atoms with Gasteiger partial charge in [-0.25, -0.2) is 0 Å². The largest absolute Gasteiger partial charge is 0.489 e. The van der Waals surface area contributed by atoms with E-state index in [1.54, 1.807) is 0 Å². The van der Waals surface area contributed by atoms with Crippen LogP contribution in [0.25, 0.3) is 10.9 Å². The lowest BCUT2D eigenvalue weighted by Crippen LogP contribution is -2.37. The molecule has 0 aliphatic carbocycles. The minimum atomic E-state index is 0.597. The van der Waals surface area contributed by atoms with Gasteiger partial charge in [0.25, 0.3) is 0 Å². The van der Waals surface area contributed by atoms with E-state index in [9.17, 15) is 0 Å². The number of H-pyrrole nitrogens is 1. The van der Waals surface area contributed by atoms with Gasteiger partial charge in [0.15, 0.2) is 0 Å². The molecule has 0 saturated carbocycles. The highest BCUT2D eigenvalue weighted by molar-refractivity contribution is 5.84. The van der Waals surface area contributed by atoms with Gasteiger partial charge in [0.05, 0.1) is 13.2 Å². The molecule has 4 heteroatoms. The SMILES string of the molecule is c1ccc(COc2ccc3[nH]cc(CCN4CCOCC4)c3c2)cc1. The van der Waals surface area contributed by atoms with Crippen molar-refractivity contribution in [3.8, 4) is 5.75 Å². The summed E-state index contributed by atoms with van der Waals surface area (Å²) in [7, 11) is 0. The quantitative estimate of drug-likeness (QED) is 0.747. The van der Waals surface area contributed by atoms with E-state index >= 15 is 0 Å². The number of morpholine rings is 1. The third-order valence-electron chi connectivity index (χ3n) is 4.79. The minimum absolute atomic E-state index is 0.597. The molecular weight excluding hydrogens is 312 g/mol. The van der Waals surface area contributed by atoms with Gasteiger partial charge in [-0.1, -0.05) is 30.3 Å². The van der Waals surface area contributed by atoms with E-state index in [-0.39, 0.29) is 0 Å². The molecule has 2 heterocycles. The van der Waals surface area contributed by atoms with E-state index in [1.165, 1.54) is 22.0 Å². The summed E-state index contributed by atoms with van der Waals surface area (Å²) in [4.78, 5) is 5.85. The van der Waals surface area contributed by atoms with Gasteiger partial charge < -0.3 is 14.5 Å². The Bertz CT molecular complexity index is 807. The number of rotatable bonds is 6. The standard InChI is InChI=1S/C21H24N2O2/c1-2-4-17(5-3-1)16-25-19-6-7-21-20(14-19)18(15-22-21)8-9-23-10-12-24-13-11-23/h1-7,14-15,22H,8-13,16H2. The maximum absolute atomic E-state index is 5.98. The molecule has 1 N–H and O–H groups in total. The lowest BCUT2D eigenvalue weighted by atomic mass is 10.1. The van der Waals surface area contributed by atoms with Gasteiger partial charge in [0, 0.05) is 36.7 Å². The Labute approximate surface area is 148 Å². The van der Waals surface area contributed by atoms with Crippen molar-refractivity contribution in [2.45, 2.75) is 13.0 Å². The van der Waals surface area contributed by atoms with Crippen LogP contribution in [0.2, 0.25) is 0 Å². The maximum Gasteiger partial charge on any atom is 0.120 e. The summed E-state index contributed by atoms with van der Waals surface area (Å²) >= 11 is 0. The fourth-order valence-corrected chi connectivity index (χ4v) is 3.30. The predicted molar refractivity (Wildman–Crippen MR) is 100 cm³/mol. The molecule has 0 unspecified atom stereocenters. The van der Waals surface area contributed by atoms with Crippen molar-refractivity contribution in [3.05, 3.63) is 65.9 Å². The van der Waals surface area contributed by atoms with Crippen LogP contribution < -0.4 is 4.74 Å². The van der Waals surface area contributed by atoms with Crippen molar-refractivity contribution in [2.75, 3.05) is 32.8 Å². The van der Waals surface area contributed by atoms with Crippen molar-refractivity contribution < 1.29 is 9.47 Å². The van der Waals surface area contributed by atoms with Gasteiger partial charge in [0.1, 0.15) is 12.4 Å². The lowest BCUT2D eigenvalue weighted by Gasteiger charge is -2.26. The molecule has 25 heavy (non-hydrogen) atoms. The molecule has 2 aromatic carbocycles. The Morgan fingerprint density at radius 3 is 2.72 bits per heavy atom. The highest BCUT2D eigenvalue weighted by atomic mass is 16.5. The zero-order valence-electron chi connectivity index (χ0n) is 14.4. The topological polar surface area (TPSA) is 37.5 Å². The Balaban J connectivity index is 1.43. The average molecular weight is 336 g/mol. The number of aromatic amines is 1. The van der Waals surface area contributed by atoms with Crippen LogP contribution in [-0.2, 0) is 17.8 Å². The molecule has 4 nitrogen and oxygen atoms in total. The first-order valence-corrected chi connectivity index (χ1v) is 8.95. The van der Waals surface area contributed by atoms with Crippen molar-refractivity contribution in [2.24, 2.45) is 0 Å². The highest BCUT2D eigenvalue weighted by Gasteiger charge is 2.12. The fraction of sp³-hybridized carbons (Fsp3) is 0.333. The number of fused-ring (bicyclic) bond motifs is 1. The number of benzene rings is 2. The summed E-state index contributed by atoms with van der Waals surface area (Å²) in [5, 5.41) is 1.26. The highest BCUT2D eigenvalue weighted by Crippen LogP contribution is 2.25. The molecule has 0 atom stereocenters. The molecular formula is C21H24N2O2. The summed E-state index contributed by atoms with van der Waals surface area (Å²) in [6.07, 6.45) is 3.17.